The zero-order valence-electron chi connectivity index (χ0n) is 18.3. The summed E-state index contributed by atoms with van der Waals surface area (Å²) in [6.45, 7) is 18.4. The fourth-order valence-electron chi connectivity index (χ4n) is 5.20. The number of allylic oxidation sites excluding steroid dienone is 8. The molecule has 146 valence electrons. The Kier molecular flexibility index (Phi) is 13.2. The van der Waals surface area contributed by atoms with Crippen LogP contribution in [0.25, 0.3) is 0 Å². The monoisotopic (exact) mass is 364 g/mol. The van der Waals surface area contributed by atoms with Gasteiger partial charge in [-0.15, -0.1) is 0 Å². The quantitative estimate of drug-likeness (QED) is 0.242. The first-order chi connectivity index (χ1) is 12.1. The van der Waals surface area contributed by atoms with Crippen molar-refractivity contribution in [3.8, 4) is 0 Å². The third kappa shape index (κ3) is 5.68. The van der Waals surface area contributed by atoms with Crippen LogP contribution in [0.2, 0.25) is 0 Å². The molecule has 0 aromatic rings. The van der Waals surface area contributed by atoms with Crippen molar-refractivity contribution in [1.82, 2.24) is 0 Å². The molecule has 4 unspecified atom stereocenters. The van der Waals surface area contributed by atoms with Gasteiger partial charge in [0.1, 0.15) is 0 Å². The fraction of sp³-hybridized carbons (Fsp3) is 0.667. The van der Waals surface area contributed by atoms with Crippen LogP contribution in [-0.4, -0.2) is 22.6 Å². The molecule has 0 bridgehead atoms. The number of hydrogen-bond acceptors (Lipinski definition) is 0. The summed E-state index contributed by atoms with van der Waals surface area (Å²) in [7, 11) is -1.74. The molecule has 0 radical (unpaired) electrons. The van der Waals surface area contributed by atoms with Crippen molar-refractivity contribution >= 4 is 7.26 Å². The van der Waals surface area contributed by atoms with Crippen LogP contribution >= 0.6 is 7.26 Å². The predicted molar refractivity (Wildman–Crippen MR) is 124 cm³/mol. The molecule has 0 rings (SSSR count). The molecule has 0 N–H and O–H groups in total. The van der Waals surface area contributed by atoms with E-state index in [1.54, 1.807) is 0 Å². The van der Waals surface area contributed by atoms with E-state index < -0.39 is 7.26 Å². The summed E-state index contributed by atoms with van der Waals surface area (Å²) in [5, 5.41) is 0. The predicted octanol–water partition coefficient (Wildman–Crippen LogP) is 8.16. The van der Waals surface area contributed by atoms with E-state index in [-0.39, 0.29) is 0 Å². The van der Waals surface area contributed by atoms with Crippen LogP contribution in [0.1, 0.15) is 81.1 Å². The van der Waals surface area contributed by atoms with Crippen molar-refractivity contribution in [2.45, 2.75) is 104 Å². The standard InChI is InChI=1S/C24H45P/c1-9-17-21(13-5)25(22(14-6)18-10-2,23(15-7)19-11-3)24(16-8)20-12-4/h9-12,17-25H,13-16H2,1-8H3. The van der Waals surface area contributed by atoms with Crippen molar-refractivity contribution < 1.29 is 0 Å². The summed E-state index contributed by atoms with van der Waals surface area (Å²) in [4.78, 5) is 0. The van der Waals surface area contributed by atoms with Gasteiger partial charge in [0, 0.05) is 0 Å². The fourth-order valence-corrected chi connectivity index (χ4v) is 13.4. The Morgan fingerprint density at radius 2 is 0.680 bits per heavy atom. The van der Waals surface area contributed by atoms with Crippen LogP contribution in [0.5, 0.6) is 0 Å². The van der Waals surface area contributed by atoms with Crippen LogP contribution in [0.15, 0.2) is 48.6 Å². The molecular formula is C24H45P. The van der Waals surface area contributed by atoms with Gasteiger partial charge in [0.25, 0.3) is 0 Å². The van der Waals surface area contributed by atoms with Gasteiger partial charge in [-0.2, -0.15) is 0 Å². The molecule has 0 amide bonds. The summed E-state index contributed by atoms with van der Waals surface area (Å²) < 4.78 is 0. The average Bonchev–Trinajstić information content (AvgIpc) is 2.63. The second-order valence-corrected chi connectivity index (χ2v) is 12.1. The summed E-state index contributed by atoms with van der Waals surface area (Å²) in [5.74, 6) is 0. The minimum atomic E-state index is -1.74. The van der Waals surface area contributed by atoms with Crippen LogP contribution in [-0.2, 0) is 0 Å². The summed E-state index contributed by atoms with van der Waals surface area (Å²) in [6.07, 6.45) is 24.5. The van der Waals surface area contributed by atoms with Crippen molar-refractivity contribution in [2.75, 3.05) is 0 Å². The SMILES string of the molecule is CC=CC(CC)[PH](C(C=CC)CC)(C(C=CC)CC)C(C=CC)CC. The minimum absolute atomic E-state index is 0.723. The third-order valence-corrected chi connectivity index (χ3v) is 13.6. The maximum absolute atomic E-state index is 2.55. The van der Waals surface area contributed by atoms with Crippen molar-refractivity contribution in [3.63, 3.8) is 0 Å². The van der Waals surface area contributed by atoms with Gasteiger partial charge in [-0.05, 0) is 0 Å². The summed E-state index contributed by atoms with van der Waals surface area (Å²) in [5.41, 5.74) is 2.89. The topological polar surface area (TPSA) is 0 Å². The van der Waals surface area contributed by atoms with Gasteiger partial charge in [0.15, 0.2) is 0 Å². The molecule has 1 heteroatoms. The van der Waals surface area contributed by atoms with Crippen LogP contribution in [0, 0.1) is 0 Å². The molecule has 0 fully saturated rings. The van der Waals surface area contributed by atoms with E-state index in [1.165, 1.54) is 25.7 Å². The van der Waals surface area contributed by atoms with E-state index >= 15 is 0 Å². The molecule has 0 aliphatic carbocycles. The molecule has 0 saturated heterocycles. The average molecular weight is 365 g/mol. The molecule has 0 saturated carbocycles. The van der Waals surface area contributed by atoms with E-state index in [9.17, 15) is 0 Å². The van der Waals surface area contributed by atoms with E-state index in [4.69, 9.17) is 0 Å². The van der Waals surface area contributed by atoms with E-state index in [0.717, 1.165) is 22.6 Å². The van der Waals surface area contributed by atoms with E-state index in [1.807, 2.05) is 0 Å². The number of rotatable bonds is 12. The first-order valence-electron chi connectivity index (χ1n) is 10.6. The Morgan fingerprint density at radius 3 is 0.800 bits per heavy atom. The van der Waals surface area contributed by atoms with Crippen molar-refractivity contribution in [2.24, 2.45) is 0 Å². The second-order valence-electron chi connectivity index (χ2n) is 7.16. The molecule has 25 heavy (non-hydrogen) atoms. The number of hydrogen-bond donors (Lipinski definition) is 0. The Labute approximate surface area is 159 Å². The van der Waals surface area contributed by atoms with E-state index in [0.29, 0.717) is 0 Å². The van der Waals surface area contributed by atoms with Crippen molar-refractivity contribution in [3.05, 3.63) is 48.6 Å². The summed E-state index contributed by atoms with van der Waals surface area (Å²) in [6, 6.07) is 0. The Bertz CT molecular complexity index is 356. The third-order valence-electron chi connectivity index (χ3n) is 6.03. The second kappa shape index (κ2) is 13.6. The molecule has 0 aliphatic heterocycles. The summed E-state index contributed by atoms with van der Waals surface area (Å²) >= 11 is 0. The zero-order chi connectivity index (χ0) is 19.3. The first-order valence-corrected chi connectivity index (χ1v) is 12.9. The first kappa shape index (κ1) is 24.4. The molecule has 0 nitrogen and oxygen atoms in total. The molecule has 4 atom stereocenters. The Morgan fingerprint density at radius 1 is 0.480 bits per heavy atom. The van der Waals surface area contributed by atoms with Crippen LogP contribution in [0.3, 0.4) is 0 Å². The van der Waals surface area contributed by atoms with Crippen LogP contribution in [0.4, 0.5) is 0 Å². The molecular weight excluding hydrogens is 319 g/mol. The van der Waals surface area contributed by atoms with Gasteiger partial charge in [0.2, 0.25) is 0 Å². The van der Waals surface area contributed by atoms with Crippen LogP contribution < -0.4 is 0 Å². The molecule has 0 aromatic carbocycles. The molecule has 0 aliphatic rings. The van der Waals surface area contributed by atoms with Gasteiger partial charge in [-0.3, -0.25) is 0 Å². The normalized spacial score (nSPS) is 19.2. The van der Waals surface area contributed by atoms with Crippen molar-refractivity contribution in [1.29, 1.82) is 0 Å². The molecule has 0 heterocycles. The Hall–Kier alpha value is -0.610. The van der Waals surface area contributed by atoms with Gasteiger partial charge >= 0.3 is 160 Å². The van der Waals surface area contributed by atoms with E-state index in [2.05, 4.69) is 104 Å². The molecule has 0 aromatic heterocycles. The maximum atomic E-state index is 2.55. The molecule has 0 spiro atoms. The van der Waals surface area contributed by atoms with Gasteiger partial charge in [0.05, 0.1) is 0 Å². The van der Waals surface area contributed by atoms with Gasteiger partial charge in [-0.25, -0.2) is 0 Å². The Balaban J connectivity index is 6.86. The van der Waals surface area contributed by atoms with Gasteiger partial charge < -0.3 is 0 Å². The zero-order valence-corrected chi connectivity index (χ0v) is 19.3. The van der Waals surface area contributed by atoms with Gasteiger partial charge in [-0.1, -0.05) is 0 Å².